The normalized spacial score (nSPS) is 21.6. The van der Waals surface area contributed by atoms with Gasteiger partial charge in [0.15, 0.2) is 0 Å². The van der Waals surface area contributed by atoms with E-state index in [-0.39, 0.29) is 18.4 Å². The molecule has 2 atom stereocenters. The highest BCUT2D eigenvalue weighted by molar-refractivity contribution is 7.89. The monoisotopic (exact) mass is 332 g/mol. The van der Waals surface area contributed by atoms with Crippen LogP contribution in [0.4, 0.5) is 0 Å². The summed E-state index contributed by atoms with van der Waals surface area (Å²) in [7, 11) is -3.35. The van der Waals surface area contributed by atoms with Crippen LogP contribution < -0.4 is 5.32 Å². The van der Waals surface area contributed by atoms with Crippen molar-refractivity contribution in [2.45, 2.75) is 44.0 Å². The van der Waals surface area contributed by atoms with E-state index < -0.39 is 10.0 Å². The molecule has 21 heavy (non-hydrogen) atoms. The molecular formula is C15H25ClN2O2S. The highest BCUT2D eigenvalue weighted by Gasteiger charge is 2.28. The number of piperazine rings is 1. The smallest absolute Gasteiger partial charge is 0.243 e. The molecule has 1 aliphatic heterocycles. The first-order chi connectivity index (χ1) is 9.45. The molecule has 0 saturated carbocycles. The lowest BCUT2D eigenvalue weighted by molar-refractivity contribution is 0.310. The van der Waals surface area contributed by atoms with Crippen LogP contribution in [0.15, 0.2) is 29.2 Å². The van der Waals surface area contributed by atoms with Gasteiger partial charge in [0.25, 0.3) is 0 Å². The van der Waals surface area contributed by atoms with E-state index in [2.05, 4.69) is 19.2 Å². The minimum absolute atomic E-state index is 0. The van der Waals surface area contributed by atoms with Gasteiger partial charge in [-0.1, -0.05) is 26.0 Å². The van der Waals surface area contributed by atoms with Gasteiger partial charge in [-0.2, -0.15) is 4.31 Å². The molecule has 0 aromatic heterocycles. The van der Waals surface area contributed by atoms with Crippen LogP contribution in [0.1, 0.15) is 38.7 Å². The zero-order chi connectivity index (χ0) is 14.8. The number of rotatable bonds is 4. The van der Waals surface area contributed by atoms with Crippen LogP contribution in [0.3, 0.4) is 0 Å². The number of sulfonamides is 1. The van der Waals surface area contributed by atoms with Crippen molar-refractivity contribution in [3.63, 3.8) is 0 Å². The summed E-state index contributed by atoms with van der Waals surface area (Å²) < 4.78 is 26.7. The third-order valence-corrected chi connectivity index (χ3v) is 5.91. The molecule has 1 N–H and O–H groups in total. The minimum atomic E-state index is -3.35. The molecule has 1 aromatic carbocycles. The maximum Gasteiger partial charge on any atom is 0.243 e. The standard InChI is InChI=1S/C15H24N2O2S.ClH/c1-4-12(2)14-5-7-15(8-6-14)20(18,19)17-10-9-16-13(3)11-17;/h5-8,12-13,16H,4,9-11H2,1-3H3;1H/t12?,13-;/m0./s1. The summed E-state index contributed by atoms with van der Waals surface area (Å²) in [6.07, 6.45) is 1.06. The fourth-order valence-electron chi connectivity index (χ4n) is 2.47. The van der Waals surface area contributed by atoms with Crippen LogP contribution >= 0.6 is 12.4 Å². The Balaban J connectivity index is 0.00000220. The fourth-order valence-corrected chi connectivity index (χ4v) is 4.00. The predicted molar refractivity (Wildman–Crippen MR) is 88.6 cm³/mol. The zero-order valence-corrected chi connectivity index (χ0v) is 14.5. The topological polar surface area (TPSA) is 49.4 Å². The molecule has 0 amide bonds. The first-order valence-corrected chi connectivity index (χ1v) is 8.72. The lowest BCUT2D eigenvalue weighted by Crippen LogP contribution is -2.51. The maximum atomic E-state index is 12.6. The first kappa shape index (κ1) is 18.4. The number of nitrogens with one attached hydrogen (secondary N) is 1. The van der Waals surface area contributed by atoms with Gasteiger partial charge in [-0.25, -0.2) is 8.42 Å². The van der Waals surface area contributed by atoms with Crippen LogP contribution in [0.25, 0.3) is 0 Å². The highest BCUT2D eigenvalue weighted by atomic mass is 35.5. The Labute approximate surface area is 134 Å². The van der Waals surface area contributed by atoms with Gasteiger partial charge in [0, 0.05) is 25.7 Å². The van der Waals surface area contributed by atoms with Gasteiger partial charge in [-0.05, 0) is 37.0 Å². The molecule has 1 aromatic rings. The number of benzene rings is 1. The molecule has 0 radical (unpaired) electrons. The maximum absolute atomic E-state index is 12.6. The molecule has 1 fully saturated rings. The van der Waals surface area contributed by atoms with Crippen LogP contribution in [-0.2, 0) is 10.0 Å². The highest BCUT2D eigenvalue weighted by Crippen LogP contribution is 2.22. The van der Waals surface area contributed by atoms with E-state index in [1.807, 2.05) is 19.1 Å². The SMILES string of the molecule is CCC(C)c1ccc(S(=O)(=O)N2CCN[C@@H](C)C2)cc1.Cl. The van der Waals surface area contributed by atoms with E-state index in [1.165, 1.54) is 5.56 Å². The summed E-state index contributed by atoms with van der Waals surface area (Å²) in [4.78, 5) is 0.402. The Bertz CT molecular complexity index is 545. The van der Waals surface area contributed by atoms with Crippen LogP contribution in [0.5, 0.6) is 0 Å². The molecule has 6 heteroatoms. The molecule has 0 spiro atoms. The van der Waals surface area contributed by atoms with E-state index in [9.17, 15) is 8.42 Å². The number of hydrogen-bond acceptors (Lipinski definition) is 3. The van der Waals surface area contributed by atoms with E-state index in [4.69, 9.17) is 0 Å². The summed E-state index contributed by atoms with van der Waals surface area (Å²) in [5.41, 5.74) is 1.19. The quantitative estimate of drug-likeness (QED) is 0.922. The number of halogens is 1. The summed E-state index contributed by atoms with van der Waals surface area (Å²) in [6.45, 7) is 8.09. The molecule has 0 aliphatic carbocycles. The van der Waals surface area contributed by atoms with Crippen molar-refractivity contribution >= 4 is 22.4 Å². The summed E-state index contributed by atoms with van der Waals surface area (Å²) in [6, 6.07) is 7.56. The van der Waals surface area contributed by atoms with Gasteiger partial charge in [0.1, 0.15) is 0 Å². The first-order valence-electron chi connectivity index (χ1n) is 7.28. The van der Waals surface area contributed by atoms with Gasteiger partial charge in [0.05, 0.1) is 4.90 Å². The van der Waals surface area contributed by atoms with E-state index in [1.54, 1.807) is 16.4 Å². The number of hydrogen-bond donors (Lipinski definition) is 1. The van der Waals surface area contributed by atoms with Gasteiger partial charge >= 0.3 is 0 Å². The van der Waals surface area contributed by atoms with E-state index in [0.717, 1.165) is 6.42 Å². The summed E-state index contributed by atoms with van der Waals surface area (Å²) in [5, 5.41) is 3.26. The molecule has 1 unspecified atom stereocenters. The van der Waals surface area contributed by atoms with Crippen molar-refractivity contribution in [2.24, 2.45) is 0 Å². The van der Waals surface area contributed by atoms with Crippen molar-refractivity contribution in [2.75, 3.05) is 19.6 Å². The molecule has 2 rings (SSSR count). The van der Waals surface area contributed by atoms with Gasteiger partial charge < -0.3 is 5.32 Å². The van der Waals surface area contributed by atoms with Crippen molar-refractivity contribution < 1.29 is 8.42 Å². The number of nitrogens with zero attached hydrogens (tertiary/aromatic N) is 1. The van der Waals surface area contributed by atoms with Crippen molar-refractivity contribution in [3.8, 4) is 0 Å². The second-order valence-corrected chi connectivity index (χ2v) is 7.53. The molecule has 1 heterocycles. The van der Waals surface area contributed by atoms with Crippen molar-refractivity contribution in [1.29, 1.82) is 0 Å². The fraction of sp³-hybridized carbons (Fsp3) is 0.600. The molecular weight excluding hydrogens is 308 g/mol. The summed E-state index contributed by atoms with van der Waals surface area (Å²) >= 11 is 0. The Morgan fingerprint density at radius 2 is 1.95 bits per heavy atom. The Kier molecular flexibility index (Phi) is 6.66. The van der Waals surface area contributed by atoms with Crippen LogP contribution in [0, 0.1) is 0 Å². The zero-order valence-electron chi connectivity index (χ0n) is 12.9. The third-order valence-electron chi connectivity index (χ3n) is 4.03. The lowest BCUT2D eigenvalue weighted by atomic mass is 9.99. The van der Waals surface area contributed by atoms with Crippen LogP contribution in [-0.4, -0.2) is 38.4 Å². The molecule has 120 valence electrons. The van der Waals surface area contributed by atoms with Gasteiger partial charge in [-0.15, -0.1) is 12.4 Å². The van der Waals surface area contributed by atoms with E-state index >= 15 is 0 Å². The largest absolute Gasteiger partial charge is 0.312 e. The average Bonchev–Trinajstić information content (AvgIpc) is 2.46. The predicted octanol–water partition coefficient (Wildman–Crippen LogP) is 2.60. The second kappa shape index (κ2) is 7.58. The molecule has 1 saturated heterocycles. The second-order valence-electron chi connectivity index (χ2n) is 5.60. The Morgan fingerprint density at radius 3 is 2.48 bits per heavy atom. The van der Waals surface area contributed by atoms with E-state index in [0.29, 0.717) is 30.4 Å². The van der Waals surface area contributed by atoms with Crippen LogP contribution in [0.2, 0.25) is 0 Å². The minimum Gasteiger partial charge on any atom is -0.312 e. The lowest BCUT2D eigenvalue weighted by Gasteiger charge is -2.31. The van der Waals surface area contributed by atoms with Crippen molar-refractivity contribution in [3.05, 3.63) is 29.8 Å². The molecule has 1 aliphatic rings. The molecule has 0 bridgehead atoms. The summed E-state index contributed by atoms with van der Waals surface area (Å²) in [5.74, 6) is 0.464. The Hall–Kier alpha value is -0.620. The average molecular weight is 333 g/mol. The molecule has 4 nitrogen and oxygen atoms in total. The Morgan fingerprint density at radius 1 is 1.33 bits per heavy atom. The third kappa shape index (κ3) is 4.19. The van der Waals surface area contributed by atoms with Crippen molar-refractivity contribution in [1.82, 2.24) is 9.62 Å². The van der Waals surface area contributed by atoms with Gasteiger partial charge in [0.2, 0.25) is 10.0 Å². The van der Waals surface area contributed by atoms with Gasteiger partial charge in [-0.3, -0.25) is 0 Å².